The molecule has 0 radical (unpaired) electrons. The molecule has 8 nitrogen and oxygen atoms in total. The van der Waals surface area contributed by atoms with Crippen LogP contribution < -0.4 is 11.0 Å². The van der Waals surface area contributed by atoms with Crippen LogP contribution in [0.3, 0.4) is 0 Å². The minimum atomic E-state index is -0.0919. The molecule has 3 heterocycles. The van der Waals surface area contributed by atoms with E-state index < -0.39 is 0 Å². The number of hydrogen-bond donors (Lipinski definition) is 2. The highest BCUT2D eigenvalue weighted by molar-refractivity contribution is 5.98. The van der Waals surface area contributed by atoms with E-state index in [9.17, 15) is 4.79 Å². The van der Waals surface area contributed by atoms with Crippen molar-refractivity contribution in [2.24, 2.45) is 0 Å². The van der Waals surface area contributed by atoms with E-state index in [-0.39, 0.29) is 30.5 Å². The molecule has 1 aliphatic rings. The zero-order valence-corrected chi connectivity index (χ0v) is 17.4. The minimum Gasteiger partial charge on any atom is -0.379 e. The third-order valence-electron chi connectivity index (χ3n) is 4.89. The smallest absolute Gasteiger partial charge is 0.326 e. The van der Waals surface area contributed by atoms with E-state index in [1.54, 1.807) is 10.9 Å². The van der Waals surface area contributed by atoms with Gasteiger partial charge in [-0.3, -0.25) is 9.47 Å². The maximum absolute atomic E-state index is 12.0. The quantitative estimate of drug-likeness (QED) is 0.585. The Labute approximate surface area is 175 Å². The molecule has 4 rings (SSSR count). The van der Waals surface area contributed by atoms with Gasteiger partial charge in [-0.05, 0) is 32.0 Å². The third-order valence-corrected chi connectivity index (χ3v) is 4.89. The molecular formula is C18H26Cl2N6O2. The Balaban J connectivity index is 0.00000140. The lowest BCUT2D eigenvalue weighted by molar-refractivity contribution is 0.0378. The molecule has 0 atom stereocenters. The second-order valence-corrected chi connectivity index (χ2v) is 6.52. The second-order valence-electron chi connectivity index (χ2n) is 6.52. The van der Waals surface area contributed by atoms with Crippen LogP contribution in [0, 0.1) is 0 Å². The number of aryl methyl sites for hydroxylation is 1. The second kappa shape index (κ2) is 10.1. The summed E-state index contributed by atoms with van der Waals surface area (Å²) in [5, 5.41) is 4.35. The molecule has 154 valence electrons. The molecule has 0 saturated carbocycles. The molecule has 0 unspecified atom stereocenters. The van der Waals surface area contributed by atoms with Crippen LogP contribution in [-0.4, -0.2) is 63.8 Å². The molecule has 1 saturated heterocycles. The van der Waals surface area contributed by atoms with Crippen molar-refractivity contribution < 1.29 is 4.74 Å². The number of aromatic nitrogens is 4. The zero-order chi connectivity index (χ0) is 17.9. The summed E-state index contributed by atoms with van der Waals surface area (Å²) < 4.78 is 7.09. The molecule has 2 N–H and O–H groups in total. The number of rotatable bonds is 6. The van der Waals surface area contributed by atoms with Crippen molar-refractivity contribution >= 4 is 52.6 Å². The van der Waals surface area contributed by atoms with Gasteiger partial charge in [0.25, 0.3) is 0 Å². The number of halogens is 2. The Morgan fingerprint density at radius 3 is 2.75 bits per heavy atom. The lowest BCUT2D eigenvalue weighted by atomic mass is 10.2. The fourth-order valence-electron chi connectivity index (χ4n) is 3.50. The SMILES string of the molecule is CCn1c(=O)[nH]c2cc3c(NCCCN4CCOCC4)ncnc3cc21.Cl.Cl. The van der Waals surface area contributed by atoms with Gasteiger partial charge >= 0.3 is 5.69 Å². The van der Waals surface area contributed by atoms with E-state index in [0.29, 0.717) is 6.54 Å². The lowest BCUT2D eigenvalue weighted by Crippen LogP contribution is -2.37. The number of aromatic amines is 1. The minimum absolute atomic E-state index is 0. The fourth-order valence-corrected chi connectivity index (χ4v) is 3.50. The zero-order valence-electron chi connectivity index (χ0n) is 15.8. The van der Waals surface area contributed by atoms with Crippen molar-refractivity contribution in [3.05, 3.63) is 28.9 Å². The van der Waals surface area contributed by atoms with E-state index in [0.717, 1.165) is 73.6 Å². The third kappa shape index (κ3) is 4.57. The number of imidazole rings is 1. The van der Waals surface area contributed by atoms with Crippen molar-refractivity contribution in [3.63, 3.8) is 0 Å². The number of anilines is 1. The van der Waals surface area contributed by atoms with Crippen LogP contribution in [0.5, 0.6) is 0 Å². The highest BCUT2D eigenvalue weighted by Crippen LogP contribution is 2.24. The van der Waals surface area contributed by atoms with Gasteiger partial charge in [0.1, 0.15) is 12.1 Å². The summed E-state index contributed by atoms with van der Waals surface area (Å²) in [7, 11) is 0. The first-order chi connectivity index (χ1) is 12.8. The van der Waals surface area contributed by atoms with Crippen LogP contribution in [0.25, 0.3) is 21.9 Å². The number of nitrogens with zero attached hydrogens (tertiary/aromatic N) is 4. The summed E-state index contributed by atoms with van der Waals surface area (Å²) >= 11 is 0. The van der Waals surface area contributed by atoms with E-state index in [1.807, 2.05) is 19.1 Å². The molecule has 0 aliphatic carbocycles. The number of H-pyrrole nitrogens is 1. The average Bonchev–Trinajstić information content (AvgIpc) is 2.98. The molecule has 0 amide bonds. The number of benzene rings is 1. The highest BCUT2D eigenvalue weighted by atomic mass is 35.5. The van der Waals surface area contributed by atoms with Crippen molar-refractivity contribution in [1.82, 2.24) is 24.4 Å². The predicted octanol–water partition coefficient (Wildman–Crippen LogP) is 2.27. The molecule has 1 aliphatic heterocycles. The molecule has 3 aromatic rings. The van der Waals surface area contributed by atoms with Gasteiger partial charge in [-0.2, -0.15) is 0 Å². The normalized spacial score (nSPS) is 14.6. The number of morpholine rings is 1. The van der Waals surface area contributed by atoms with Gasteiger partial charge in [0.05, 0.1) is 29.8 Å². The van der Waals surface area contributed by atoms with Crippen LogP contribution in [0.2, 0.25) is 0 Å². The van der Waals surface area contributed by atoms with Gasteiger partial charge in [-0.1, -0.05) is 0 Å². The summed E-state index contributed by atoms with van der Waals surface area (Å²) in [5.41, 5.74) is 2.44. The van der Waals surface area contributed by atoms with Crippen molar-refractivity contribution in [2.45, 2.75) is 19.9 Å². The molecule has 2 aromatic heterocycles. The Morgan fingerprint density at radius 2 is 2.00 bits per heavy atom. The average molecular weight is 429 g/mol. The fraction of sp³-hybridized carbons (Fsp3) is 0.500. The lowest BCUT2D eigenvalue weighted by Gasteiger charge is -2.26. The van der Waals surface area contributed by atoms with Crippen molar-refractivity contribution in [2.75, 3.05) is 44.7 Å². The summed E-state index contributed by atoms with van der Waals surface area (Å²) in [6, 6.07) is 3.91. The van der Waals surface area contributed by atoms with E-state index in [1.165, 1.54) is 0 Å². The predicted molar refractivity (Wildman–Crippen MR) is 116 cm³/mol. The Kier molecular flexibility index (Phi) is 8.06. The first kappa shape index (κ1) is 22.4. The summed E-state index contributed by atoms with van der Waals surface area (Å²) in [4.78, 5) is 26.1. The maximum atomic E-state index is 12.0. The molecular weight excluding hydrogens is 403 g/mol. The van der Waals surface area contributed by atoms with Crippen LogP contribution in [-0.2, 0) is 11.3 Å². The molecule has 28 heavy (non-hydrogen) atoms. The van der Waals surface area contributed by atoms with E-state index in [4.69, 9.17) is 4.74 Å². The Bertz CT molecular complexity index is 968. The topological polar surface area (TPSA) is 88.1 Å². The first-order valence-electron chi connectivity index (χ1n) is 9.17. The van der Waals surface area contributed by atoms with E-state index >= 15 is 0 Å². The molecule has 10 heteroatoms. The van der Waals surface area contributed by atoms with Gasteiger partial charge in [0.2, 0.25) is 0 Å². The summed E-state index contributed by atoms with van der Waals surface area (Å²) in [5.74, 6) is 0.809. The van der Waals surface area contributed by atoms with Gasteiger partial charge in [0, 0.05) is 31.6 Å². The Hall–Kier alpha value is -1.87. The van der Waals surface area contributed by atoms with E-state index in [2.05, 4.69) is 25.2 Å². The standard InChI is InChI=1S/C18H24N6O2.2ClH/c1-2-24-16-11-14-13(10-15(16)22-18(24)25)17(21-12-20-14)19-4-3-5-23-6-8-26-9-7-23;;/h10-12H,2-9H2,1H3,(H,22,25)(H,19,20,21);2*1H. The first-order valence-corrected chi connectivity index (χ1v) is 9.17. The number of ether oxygens (including phenoxy) is 1. The van der Waals surface area contributed by atoms with Crippen LogP contribution >= 0.6 is 24.8 Å². The maximum Gasteiger partial charge on any atom is 0.326 e. The monoisotopic (exact) mass is 428 g/mol. The van der Waals surface area contributed by atoms with Crippen LogP contribution in [0.1, 0.15) is 13.3 Å². The molecule has 0 spiro atoms. The number of hydrogen-bond acceptors (Lipinski definition) is 6. The van der Waals surface area contributed by atoms with Crippen molar-refractivity contribution in [1.29, 1.82) is 0 Å². The Morgan fingerprint density at radius 1 is 1.21 bits per heavy atom. The van der Waals surface area contributed by atoms with Crippen LogP contribution in [0.15, 0.2) is 23.3 Å². The number of nitrogens with one attached hydrogen (secondary N) is 2. The van der Waals surface area contributed by atoms with Gasteiger partial charge < -0.3 is 15.0 Å². The summed E-state index contributed by atoms with van der Waals surface area (Å²) in [6.07, 6.45) is 2.61. The van der Waals surface area contributed by atoms with Gasteiger partial charge in [0.15, 0.2) is 0 Å². The largest absolute Gasteiger partial charge is 0.379 e. The highest BCUT2D eigenvalue weighted by Gasteiger charge is 2.12. The molecule has 1 fully saturated rings. The molecule has 1 aromatic carbocycles. The number of fused-ring (bicyclic) bond motifs is 2. The van der Waals surface area contributed by atoms with Crippen molar-refractivity contribution in [3.8, 4) is 0 Å². The van der Waals surface area contributed by atoms with Gasteiger partial charge in [-0.15, -0.1) is 24.8 Å². The van der Waals surface area contributed by atoms with Gasteiger partial charge in [-0.25, -0.2) is 14.8 Å². The summed E-state index contributed by atoms with van der Waals surface area (Å²) in [6.45, 7) is 8.16. The molecule has 0 bridgehead atoms. The van der Waals surface area contributed by atoms with Crippen LogP contribution in [0.4, 0.5) is 5.82 Å².